The highest BCUT2D eigenvalue weighted by Gasteiger charge is 2.22. The second kappa shape index (κ2) is 15.1. The normalized spacial score (nSPS) is 17.6. The van der Waals surface area contributed by atoms with Gasteiger partial charge in [0.2, 0.25) is 0 Å². The van der Waals surface area contributed by atoms with Gasteiger partial charge in [-0.25, -0.2) is 0 Å². The van der Waals surface area contributed by atoms with Gasteiger partial charge in [0.25, 0.3) is 0 Å². The number of likely N-dealkylation sites (N-methyl/N-ethyl adjacent to an activating group) is 1. The first-order chi connectivity index (χ1) is 12.8. The van der Waals surface area contributed by atoms with Gasteiger partial charge in [0.15, 0.2) is 5.96 Å². The lowest BCUT2D eigenvalue weighted by atomic mass is 10.2. The van der Waals surface area contributed by atoms with E-state index in [0.29, 0.717) is 6.04 Å². The van der Waals surface area contributed by atoms with Crippen molar-refractivity contribution in [1.29, 1.82) is 0 Å². The first kappa shape index (κ1) is 24.2. The molecule has 0 bridgehead atoms. The maximum Gasteiger partial charge on any atom is 0.191 e. The second-order valence-corrected chi connectivity index (χ2v) is 6.86. The molecule has 1 saturated heterocycles. The SMILES string of the molecule is CCN1CCCC1CNC(=NC)NCCCCOCCc1ccccc1.I. The van der Waals surface area contributed by atoms with Crippen LogP contribution < -0.4 is 10.6 Å². The molecule has 0 amide bonds. The van der Waals surface area contributed by atoms with Gasteiger partial charge in [0, 0.05) is 32.8 Å². The summed E-state index contributed by atoms with van der Waals surface area (Å²) in [5, 5.41) is 6.88. The summed E-state index contributed by atoms with van der Waals surface area (Å²) in [4.78, 5) is 6.87. The lowest BCUT2D eigenvalue weighted by Crippen LogP contribution is -2.45. The summed E-state index contributed by atoms with van der Waals surface area (Å²) in [6.07, 6.45) is 5.77. The van der Waals surface area contributed by atoms with Crippen molar-refractivity contribution in [3.8, 4) is 0 Å². The third-order valence-electron chi connectivity index (χ3n) is 5.02. The molecule has 2 rings (SSSR count). The average molecular weight is 488 g/mol. The Hall–Kier alpha value is -0.860. The molecule has 0 radical (unpaired) electrons. The van der Waals surface area contributed by atoms with Gasteiger partial charge < -0.3 is 15.4 Å². The molecule has 1 aromatic carbocycles. The van der Waals surface area contributed by atoms with Gasteiger partial charge >= 0.3 is 0 Å². The van der Waals surface area contributed by atoms with E-state index in [1.54, 1.807) is 0 Å². The predicted octanol–water partition coefficient (Wildman–Crippen LogP) is 3.29. The number of halogens is 1. The Balaban J connectivity index is 0.00000364. The summed E-state index contributed by atoms with van der Waals surface area (Å²) in [5.41, 5.74) is 1.34. The molecule has 0 aliphatic carbocycles. The van der Waals surface area contributed by atoms with E-state index in [4.69, 9.17) is 4.74 Å². The zero-order chi connectivity index (χ0) is 18.5. The lowest BCUT2D eigenvalue weighted by molar-refractivity contribution is 0.133. The molecule has 1 fully saturated rings. The number of benzene rings is 1. The van der Waals surface area contributed by atoms with Crippen LogP contribution in [-0.2, 0) is 11.2 Å². The van der Waals surface area contributed by atoms with Crippen molar-refractivity contribution in [2.24, 2.45) is 4.99 Å². The molecule has 0 saturated carbocycles. The van der Waals surface area contributed by atoms with Crippen molar-refractivity contribution in [3.05, 3.63) is 35.9 Å². The van der Waals surface area contributed by atoms with Crippen LogP contribution in [0.2, 0.25) is 0 Å². The lowest BCUT2D eigenvalue weighted by Gasteiger charge is -2.24. The van der Waals surface area contributed by atoms with Crippen LogP contribution in [0.4, 0.5) is 0 Å². The van der Waals surface area contributed by atoms with E-state index in [-0.39, 0.29) is 24.0 Å². The largest absolute Gasteiger partial charge is 0.381 e. The Labute approximate surface area is 182 Å². The summed E-state index contributed by atoms with van der Waals surface area (Å²) in [7, 11) is 1.84. The number of hydrogen-bond acceptors (Lipinski definition) is 3. The number of nitrogens with one attached hydrogen (secondary N) is 2. The zero-order valence-electron chi connectivity index (χ0n) is 17.0. The maximum absolute atomic E-state index is 5.73. The topological polar surface area (TPSA) is 48.9 Å². The molecule has 0 spiro atoms. The summed E-state index contributed by atoms with van der Waals surface area (Å²) in [5.74, 6) is 0.915. The fraction of sp³-hybridized carbons (Fsp3) is 0.667. The number of likely N-dealkylation sites (tertiary alicyclic amines) is 1. The molecule has 154 valence electrons. The fourth-order valence-electron chi connectivity index (χ4n) is 3.45. The van der Waals surface area contributed by atoms with Crippen molar-refractivity contribution in [1.82, 2.24) is 15.5 Å². The monoisotopic (exact) mass is 488 g/mol. The molecular formula is C21H37IN4O. The second-order valence-electron chi connectivity index (χ2n) is 6.86. The minimum Gasteiger partial charge on any atom is -0.381 e. The molecule has 27 heavy (non-hydrogen) atoms. The van der Waals surface area contributed by atoms with Gasteiger partial charge in [-0.1, -0.05) is 37.3 Å². The van der Waals surface area contributed by atoms with E-state index >= 15 is 0 Å². The minimum atomic E-state index is 0. The van der Waals surface area contributed by atoms with Gasteiger partial charge in [0.1, 0.15) is 0 Å². The quantitative estimate of drug-likeness (QED) is 0.217. The number of rotatable bonds is 11. The minimum absolute atomic E-state index is 0. The number of guanidine groups is 1. The smallest absolute Gasteiger partial charge is 0.191 e. The Morgan fingerprint density at radius 1 is 1.19 bits per heavy atom. The molecule has 1 atom stereocenters. The highest BCUT2D eigenvalue weighted by molar-refractivity contribution is 14.0. The zero-order valence-corrected chi connectivity index (χ0v) is 19.3. The van der Waals surface area contributed by atoms with Gasteiger partial charge in [-0.05, 0) is 50.8 Å². The molecular weight excluding hydrogens is 451 g/mol. The summed E-state index contributed by atoms with van der Waals surface area (Å²) in [6, 6.07) is 11.2. The first-order valence-corrected chi connectivity index (χ1v) is 10.1. The summed E-state index contributed by atoms with van der Waals surface area (Å²) in [6.45, 7) is 8.17. The Morgan fingerprint density at radius 2 is 2.00 bits per heavy atom. The van der Waals surface area contributed by atoms with E-state index < -0.39 is 0 Å². The molecule has 0 aromatic heterocycles. The van der Waals surface area contributed by atoms with Crippen LogP contribution in [0.3, 0.4) is 0 Å². The molecule has 6 heteroatoms. The number of unbranched alkanes of at least 4 members (excludes halogenated alkanes) is 1. The van der Waals surface area contributed by atoms with Crippen LogP contribution in [0.5, 0.6) is 0 Å². The van der Waals surface area contributed by atoms with E-state index in [1.807, 2.05) is 13.1 Å². The van der Waals surface area contributed by atoms with Crippen molar-refractivity contribution in [3.63, 3.8) is 0 Å². The Morgan fingerprint density at radius 3 is 2.74 bits per heavy atom. The van der Waals surface area contributed by atoms with Crippen LogP contribution in [0.25, 0.3) is 0 Å². The Bertz CT molecular complexity index is 512. The molecule has 1 aromatic rings. The average Bonchev–Trinajstić information content (AvgIpc) is 3.14. The van der Waals surface area contributed by atoms with Gasteiger partial charge in [-0.15, -0.1) is 24.0 Å². The third-order valence-corrected chi connectivity index (χ3v) is 5.02. The number of aliphatic imine (C=N–C) groups is 1. The number of hydrogen-bond donors (Lipinski definition) is 2. The molecule has 5 nitrogen and oxygen atoms in total. The van der Waals surface area contributed by atoms with Crippen LogP contribution in [-0.4, -0.2) is 63.3 Å². The van der Waals surface area contributed by atoms with E-state index in [9.17, 15) is 0 Å². The number of ether oxygens (including phenoxy) is 1. The van der Waals surface area contributed by atoms with Gasteiger partial charge in [-0.3, -0.25) is 9.89 Å². The highest BCUT2D eigenvalue weighted by Crippen LogP contribution is 2.15. The standard InChI is InChI=1S/C21H36N4O.HI/c1-3-25-15-9-12-20(25)18-24-21(22-2)23-14-7-8-16-26-17-13-19-10-5-4-6-11-19;/h4-6,10-11,20H,3,7-9,12-18H2,1-2H3,(H2,22,23,24);1H. The van der Waals surface area contributed by atoms with Crippen molar-refractivity contribution >= 4 is 29.9 Å². The van der Waals surface area contributed by atoms with Gasteiger partial charge in [0.05, 0.1) is 6.61 Å². The number of nitrogens with zero attached hydrogens (tertiary/aromatic N) is 2. The highest BCUT2D eigenvalue weighted by atomic mass is 127. The van der Waals surface area contributed by atoms with E-state index in [0.717, 1.165) is 58.1 Å². The van der Waals surface area contributed by atoms with Crippen molar-refractivity contribution in [2.75, 3.05) is 46.4 Å². The predicted molar refractivity (Wildman–Crippen MR) is 125 cm³/mol. The van der Waals surface area contributed by atoms with E-state index in [2.05, 4.69) is 51.7 Å². The Kier molecular flexibility index (Phi) is 13.5. The molecule has 2 N–H and O–H groups in total. The fourth-order valence-corrected chi connectivity index (χ4v) is 3.45. The third kappa shape index (κ3) is 9.76. The summed E-state index contributed by atoms with van der Waals surface area (Å²) >= 11 is 0. The van der Waals surface area contributed by atoms with E-state index in [1.165, 1.54) is 24.9 Å². The van der Waals surface area contributed by atoms with Crippen LogP contribution >= 0.6 is 24.0 Å². The molecule has 1 heterocycles. The first-order valence-electron chi connectivity index (χ1n) is 10.1. The van der Waals surface area contributed by atoms with Gasteiger partial charge in [-0.2, -0.15) is 0 Å². The van der Waals surface area contributed by atoms with Crippen LogP contribution in [0.1, 0.15) is 38.2 Å². The molecule has 1 aliphatic rings. The molecule has 1 unspecified atom stereocenters. The van der Waals surface area contributed by atoms with Crippen LogP contribution in [0.15, 0.2) is 35.3 Å². The molecule has 1 aliphatic heterocycles. The maximum atomic E-state index is 5.73. The van der Waals surface area contributed by atoms with Crippen molar-refractivity contribution in [2.45, 2.75) is 45.1 Å². The summed E-state index contributed by atoms with van der Waals surface area (Å²) < 4.78 is 5.73. The van der Waals surface area contributed by atoms with Crippen LogP contribution in [0, 0.1) is 0 Å². The van der Waals surface area contributed by atoms with Crippen molar-refractivity contribution < 1.29 is 4.74 Å².